The first-order valence-corrected chi connectivity index (χ1v) is 11.3. The molecule has 0 radical (unpaired) electrons. The summed E-state index contributed by atoms with van der Waals surface area (Å²) < 4.78 is 43.8. The molecule has 0 bridgehead atoms. The van der Waals surface area contributed by atoms with Crippen LogP contribution in [-0.2, 0) is 23.0 Å². The van der Waals surface area contributed by atoms with Crippen LogP contribution in [0.3, 0.4) is 0 Å². The highest BCUT2D eigenvalue weighted by Gasteiger charge is 2.22. The molecule has 2 aromatic heterocycles. The van der Waals surface area contributed by atoms with Gasteiger partial charge in [-0.3, -0.25) is 4.72 Å². The molecule has 0 spiro atoms. The summed E-state index contributed by atoms with van der Waals surface area (Å²) in [6.45, 7) is 0.681. The van der Waals surface area contributed by atoms with Gasteiger partial charge in [-0.1, -0.05) is 6.42 Å². The van der Waals surface area contributed by atoms with Gasteiger partial charge in [-0.15, -0.1) is 21.5 Å². The van der Waals surface area contributed by atoms with E-state index in [9.17, 15) is 17.6 Å². The van der Waals surface area contributed by atoms with E-state index in [0.717, 1.165) is 48.9 Å². The first-order valence-electron chi connectivity index (χ1n) is 8.92. The van der Waals surface area contributed by atoms with Crippen LogP contribution in [0.5, 0.6) is 0 Å². The Labute approximate surface area is 170 Å². The zero-order chi connectivity index (χ0) is 20.6. The molecule has 11 heteroatoms. The van der Waals surface area contributed by atoms with Gasteiger partial charge in [0, 0.05) is 24.0 Å². The van der Waals surface area contributed by atoms with Crippen LogP contribution in [0, 0.1) is 5.82 Å². The molecule has 0 fully saturated rings. The second kappa shape index (κ2) is 7.56. The number of aromatic carboxylic acids is 1. The third kappa shape index (κ3) is 3.87. The number of carbonyl (C=O) groups is 1. The van der Waals surface area contributed by atoms with Crippen LogP contribution in [0.2, 0.25) is 0 Å². The van der Waals surface area contributed by atoms with Gasteiger partial charge in [-0.25, -0.2) is 17.6 Å². The topological polar surface area (TPSA) is 114 Å². The molecular weight excluding hydrogens is 419 g/mol. The minimum absolute atomic E-state index is 0.110. The molecule has 8 nitrogen and oxygen atoms in total. The lowest BCUT2D eigenvalue weighted by molar-refractivity contribution is 0.0697. The highest BCUT2D eigenvalue weighted by atomic mass is 32.2. The van der Waals surface area contributed by atoms with E-state index in [1.807, 2.05) is 4.57 Å². The quantitative estimate of drug-likeness (QED) is 0.634. The molecule has 3 heterocycles. The van der Waals surface area contributed by atoms with Gasteiger partial charge < -0.3 is 9.67 Å². The summed E-state index contributed by atoms with van der Waals surface area (Å²) in [5, 5.41) is 18.5. The van der Waals surface area contributed by atoms with Crippen molar-refractivity contribution in [2.75, 3.05) is 4.72 Å². The van der Waals surface area contributed by atoms with Crippen LogP contribution < -0.4 is 4.72 Å². The maximum Gasteiger partial charge on any atom is 0.336 e. The van der Waals surface area contributed by atoms with E-state index < -0.39 is 21.8 Å². The molecular formula is C18H17FN4O4S2. The molecule has 29 heavy (non-hydrogen) atoms. The van der Waals surface area contributed by atoms with E-state index in [4.69, 9.17) is 5.11 Å². The predicted molar refractivity (Wildman–Crippen MR) is 105 cm³/mol. The summed E-state index contributed by atoms with van der Waals surface area (Å²) in [5.41, 5.74) is 0.197. The van der Waals surface area contributed by atoms with E-state index in [1.54, 1.807) is 0 Å². The first-order chi connectivity index (χ1) is 13.8. The smallest absolute Gasteiger partial charge is 0.336 e. The Kier molecular flexibility index (Phi) is 5.09. The Morgan fingerprint density at radius 3 is 2.79 bits per heavy atom. The number of carboxylic acid groups (broad SMARTS) is 1. The lowest BCUT2D eigenvalue weighted by Gasteiger charge is -2.11. The molecule has 3 aromatic rings. The summed E-state index contributed by atoms with van der Waals surface area (Å²) >= 11 is 0.798. The first kappa shape index (κ1) is 19.5. The highest BCUT2D eigenvalue weighted by Crippen LogP contribution is 2.29. The van der Waals surface area contributed by atoms with Crippen LogP contribution in [-0.4, -0.2) is 34.3 Å². The maximum atomic E-state index is 14.5. The van der Waals surface area contributed by atoms with Gasteiger partial charge in [-0.2, -0.15) is 0 Å². The van der Waals surface area contributed by atoms with Crippen molar-refractivity contribution in [3.63, 3.8) is 0 Å². The minimum Gasteiger partial charge on any atom is -0.478 e. The average Bonchev–Trinajstić information content (AvgIpc) is 3.26. The molecule has 0 amide bonds. The summed E-state index contributed by atoms with van der Waals surface area (Å²) in [6, 6.07) is 4.93. The number of halogens is 1. The van der Waals surface area contributed by atoms with Crippen molar-refractivity contribution >= 4 is 33.0 Å². The van der Waals surface area contributed by atoms with Crippen molar-refractivity contribution in [2.45, 2.75) is 36.4 Å². The van der Waals surface area contributed by atoms with Crippen molar-refractivity contribution < 1.29 is 22.7 Å². The summed E-state index contributed by atoms with van der Waals surface area (Å²) in [5.74, 6) is -0.580. The number of rotatable bonds is 5. The third-order valence-corrected chi connectivity index (χ3v) is 7.48. The molecule has 4 rings (SSSR count). The van der Waals surface area contributed by atoms with E-state index in [0.29, 0.717) is 12.4 Å². The van der Waals surface area contributed by atoms with E-state index in [2.05, 4.69) is 14.9 Å². The number of carboxylic acids is 1. The zero-order valence-electron chi connectivity index (χ0n) is 15.1. The van der Waals surface area contributed by atoms with Gasteiger partial charge in [-0.05, 0) is 37.1 Å². The second-order valence-corrected chi connectivity index (χ2v) is 9.48. The van der Waals surface area contributed by atoms with Crippen LogP contribution in [0.1, 0.15) is 35.4 Å². The molecule has 1 aliphatic heterocycles. The van der Waals surface area contributed by atoms with E-state index in [1.165, 1.54) is 23.6 Å². The Morgan fingerprint density at radius 2 is 2.03 bits per heavy atom. The van der Waals surface area contributed by atoms with Gasteiger partial charge in [0.25, 0.3) is 10.0 Å². The fourth-order valence-electron chi connectivity index (χ4n) is 3.22. The monoisotopic (exact) mass is 436 g/mol. The molecule has 0 unspecified atom stereocenters. The lowest BCUT2D eigenvalue weighted by Crippen LogP contribution is -2.12. The van der Waals surface area contributed by atoms with Crippen molar-refractivity contribution in [3.8, 4) is 11.4 Å². The van der Waals surface area contributed by atoms with Crippen LogP contribution >= 0.6 is 11.3 Å². The van der Waals surface area contributed by atoms with Crippen LogP contribution in [0.25, 0.3) is 11.4 Å². The van der Waals surface area contributed by atoms with Crippen molar-refractivity contribution in [2.24, 2.45) is 0 Å². The second-order valence-electron chi connectivity index (χ2n) is 6.66. The molecule has 0 saturated heterocycles. The lowest BCUT2D eigenvalue weighted by atomic mass is 10.1. The fourth-order valence-corrected chi connectivity index (χ4v) is 5.42. The largest absolute Gasteiger partial charge is 0.478 e. The Balaban J connectivity index is 1.67. The van der Waals surface area contributed by atoms with Crippen LogP contribution in [0.4, 0.5) is 10.1 Å². The number of sulfonamides is 1. The molecule has 152 valence electrons. The van der Waals surface area contributed by atoms with Gasteiger partial charge in [0.2, 0.25) is 0 Å². The number of thiophene rings is 1. The Hall–Kier alpha value is -2.79. The molecule has 0 aliphatic carbocycles. The maximum absolute atomic E-state index is 14.5. The molecule has 2 N–H and O–H groups in total. The predicted octanol–water partition coefficient (Wildman–Crippen LogP) is 3.37. The minimum atomic E-state index is -4.01. The van der Waals surface area contributed by atoms with Gasteiger partial charge in [0.15, 0.2) is 5.82 Å². The summed E-state index contributed by atoms with van der Waals surface area (Å²) in [4.78, 5) is 11.0. The van der Waals surface area contributed by atoms with Crippen molar-refractivity contribution in [1.82, 2.24) is 14.8 Å². The number of hydrogen-bond donors (Lipinski definition) is 2. The molecule has 0 saturated carbocycles. The number of aryl methyl sites for hydroxylation is 1. The molecule has 1 aromatic carbocycles. The number of aromatic nitrogens is 3. The average molecular weight is 436 g/mol. The van der Waals surface area contributed by atoms with Crippen molar-refractivity contribution in [3.05, 3.63) is 46.9 Å². The number of fused-ring (bicyclic) bond motifs is 1. The molecule has 1 aliphatic rings. The molecule has 0 atom stereocenters. The van der Waals surface area contributed by atoms with E-state index in [-0.39, 0.29) is 21.0 Å². The van der Waals surface area contributed by atoms with Crippen LogP contribution in [0.15, 0.2) is 33.9 Å². The van der Waals surface area contributed by atoms with Crippen molar-refractivity contribution in [1.29, 1.82) is 0 Å². The standard InChI is InChI=1S/C18H17FN4O4S2/c19-14-6-5-12(22-29(26,27)16-8-11(10-28-16)18(24)25)9-13(14)17-21-20-15-4-2-1-3-7-23(15)17/h5-6,8-10,22H,1-4,7H2,(H,24,25). The Morgan fingerprint density at radius 1 is 1.21 bits per heavy atom. The van der Waals surface area contributed by atoms with Gasteiger partial charge in [0.05, 0.1) is 11.1 Å². The zero-order valence-corrected chi connectivity index (χ0v) is 16.8. The Bertz CT molecular complexity index is 1190. The number of anilines is 1. The fraction of sp³-hybridized carbons (Fsp3) is 0.278. The summed E-state index contributed by atoms with van der Waals surface area (Å²) in [7, 11) is -4.01. The summed E-state index contributed by atoms with van der Waals surface area (Å²) in [6.07, 6.45) is 3.77. The highest BCUT2D eigenvalue weighted by molar-refractivity contribution is 7.94. The third-order valence-electron chi connectivity index (χ3n) is 4.66. The number of nitrogens with one attached hydrogen (secondary N) is 1. The van der Waals surface area contributed by atoms with E-state index >= 15 is 0 Å². The van der Waals surface area contributed by atoms with Gasteiger partial charge >= 0.3 is 5.97 Å². The van der Waals surface area contributed by atoms with Gasteiger partial charge in [0.1, 0.15) is 15.9 Å². The number of hydrogen-bond acceptors (Lipinski definition) is 6. The number of benzene rings is 1. The number of nitrogens with zero attached hydrogens (tertiary/aromatic N) is 3. The normalized spacial score (nSPS) is 14.2. The SMILES string of the molecule is O=C(O)c1csc(S(=O)(=O)Nc2ccc(F)c(-c3nnc4n3CCCCC4)c2)c1.